The van der Waals surface area contributed by atoms with E-state index in [1.165, 1.54) is 0 Å². The fraction of sp³-hybridized carbons (Fsp3) is 0.0714. The molecular formula is C14H13NO2S. The summed E-state index contributed by atoms with van der Waals surface area (Å²) in [6.07, 6.45) is 0. The standard InChI is InChI=1S/C14H13NO2S/c1-17-13-9-7-11(8-10-13)14(18-16)15-12-5-3-2-4-6-12/h2-10,15H,1H3. The van der Waals surface area contributed by atoms with E-state index < -0.39 is 0 Å². The van der Waals surface area contributed by atoms with Crippen molar-refractivity contribution in [2.45, 2.75) is 0 Å². The van der Waals surface area contributed by atoms with E-state index in [9.17, 15) is 4.21 Å². The predicted molar refractivity (Wildman–Crippen MR) is 75.3 cm³/mol. The van der Waals surface area contributed by atoms with Crippen LogP contribution in [0, 0.1) is 0 Å². The van der Waals surface area contributed by atoms with Gasteiger partial charge in [-0.25, -0.2) is 4.21 Å². The Kier molecular flexibility index (Phi) is 4.15. The predicted octanol–water partition coefficient (Wildman–Crippen LogP) is 2.50. The second kappa shape index (κ2) is 6.02. The van der Waals surface area contributed by atoms with Gasteiger partial charge >= 0.3 is 0 Å². The molecule has 3 nitrogen and oxygen atoms in total. The third-order valence-electron chi connectivity index (χ3n) is 2.47. The van der Waals surface area contributed by atoms with Crippen LogP contribution < -0.4 is 10.1 Å². The lowest BCUT2D eigenvalue weighted by molar-refractivity contribution is 0.415. The topological polar surface area (TPSA) is 38.3 Å². The quantitative estimate of drug-likeness (QED) is 0.861. The van der Waals surface area contributed by atoms with E-state index in [0.29, 0.717) is 16.2 Å². The third kappa shape index (κ3) is 2.99. The SMILES string of the molecule is COc1ccc(C(Nc2ccccc2)=S=O)cc1. The van der Waals surface area contributed by atoms with Crippen LogP contribution in [0.15, 0.2) is 54.6 Å². The molecule has 0 aromatic heterocycles. The van der Waals surface area contributed by atoms with Gasteiger partial charge in [-0.1, -0.05) is 18.2 Å². The van der Waals surface area contributed by atoms with Gasteiger partial charge in [0.15, 0.2) is 0 Å². The van der Waals surface area contributed by atoms with Crippen LogP contribution in [-0.2, 0) is 11.3 Å². The summed E-state index contributed by atoms with van der Waals surface area (Å²) < 4.78 is 16.3. The summed E-state index contributed by atoms with van der Waals surface area (Å²) in [5.41, 5.74) is 1.74. The van der Waals surface area contributed by atoms with Crippen molar-refractivity contribution in [1.29, 1.82) is 0 Å². The van der Waals surface area contributed by atoms with Gasteiger partial charge in [-0.3, -0.25) is 0 Å². The Morgan fingerprint density at radius 3 is 2.28 bits per heavy atom. The lowest BCUT2D eigenvalue weighted by Gasteiger charge is -2.08. The number of nitrogens with one attached hydrogen (secondary N) is 1. The average Bonchev–Trinajstić information content (AvgIpc) is 2.46. The molecule has 1 N–H and O–H groups in total. The first kappa shape index (κ1) is 12.4. The van der Waals surface area contributed by atoms with E-state index in [-0.39, 0.29) is 0 Å². The average molecular weight is 259 g/mol. The van der Waals surface area contributed by atoms with Gasteiger partial charge in [-0.05, 0) is 36.4 Å². The van der Waals surface area contributed by atoms with Gasteiger partial charge in [-0.15, -0.1) is 0 Å². The molecule has 92 valence electrons. The lowest BCUT2D eigenvalue weighted by Crippen LogP contribution is -2.13. The molecule has 0 aliphatic carbocycles. The number of hydrogen-bond donors (Lipinski definition) is 1. The van der Waals surface area contributed by atoms with Gasteiger partial charge in [0.1, 0.15) is 22.0 Å². The van der Waals surface area contributed by atoms with E-state index >= 15 is 0 Å². The van der Waals surface area contributed by atoms with Gasteiger partial charge < -0.3 is 10.1 Å². The van der Waals surface area contributed by atoms with Gasteiger partial charge in [0, 0.05) is 11.3 Å². The highest BCUT2D eigenvalue weighted by molar-refractivity contribution is 7.67. The largest absolute Gasteiger partial charge is 0.497 e. The fourth-order valence-corrected chi connectivity index (χ4v) is 1.93. The molecule has 18 heavy (non-hydrogen) atoms. The van der Waals surface area contributed by atoms with Gasteiger partial charge in [0.05, 0.1) is 7.11 Å². The highest BCUT2D eigenvalue weighted by atomic mass is 32.1. The monoisotopic (exact) mass is 259 g/mol. The van der Waals surface area contributed by atoms with Crippen LogP contribution in [0.1, 0.15) is 5.56 Å². The highest BCUT2D eigenvalue weighted by Crippen LogP contribution is 2.13. The zero-order valence-electron chi connectivity index (χ0n) is 9.92. The number of para-hydroxylation sites is 1. The molecule has 0 radical (unpaired) electrons. The third-order valence-corrected chi connectivity index (χ3v) is 2.97. The Bertz CT molecular complexity index is 560. The van der Waals surface area contributed by atoms with Crippen LogP contribution in [-0.4, -0.2) is 16.3 Å². The minimum Gasteiger partial charge on any atom is -0.497 e. The summed E-state index contributed by atoms with van der Waals surface area (Å²) in [7, 11) is 1.62. The van der Waals surface area contributed by atoms with Crippen molar-refractivity contribution in [3.8, 4) is 5.75 Å². The zero-order valence-corrected chi connectivity index (χ0v) is 10.7. The van der Waals surface area contributed by atoms with Crippen molar-refractivity contribution in [1.82, 2.24) is 0 Å². The normalized spacial score (nSPS) is 9.61. The van der Waals surface area contributed by atoms with Crippen LogP contribution in [0.3, 0.4) is 0 Å². The molecule has 0 bridgehead atoms. The molecular weight excluding hydrogens is 246 g/mol. The van der Waals surface area contributed by atoms with E-state index in [2.05, 4.69) is 5.32 Å². The summed E-state index contributed by atoms with van der Waals surface area (Å²) in [5, 5.41) is 3.11. The van der Waals surface area contributed by atoms with Gasteiger partial charge in [-0.2, -0.15) is 0 Å². The number of ether oxygens (including phenoxy) is 1. The summed E-state index contributed by atoms with van der Waals surface area (Å²) >= 11 is 0.446. The van der Waals surface area contributed by atoms with E-state index in [1.54, 1.807) is 7.11 Å². The second-order valence-corrected chi connectivity index (χ2v) is 4.21. The molecule has 0 saturated heterocycles. The van der Waals surface area contributed by atoms with Crippen molar-refractivity contribution in [3.05, 3.63) is 60.2 Å². The number of benzene rings is 2. The molecule has 2 aromatic carbocycles. The van der Waals surface area contributed by atoms with Crippen molar-refractivity contribution in [2.24, 2.45) is 0 Å². The molecule has 0 saturated carbocycles. The molecule has 4 heteroatoms. The summed E-state index contributed by atoms with van der Waals surface area (Å²) in [5.74, 6) is 0.772. The Balaban J connectivity index is 2.21. The highest BCUT2D eigenvalue weighted by Gasteiger charge is 2.03. The molecule has 0 atom stereocenters. The van der Waals surface area contributed by atoms with Gasteiger partial charge in [0.25, 0.3) is 0 Å². The molecule has 0 spiro atoms. The van der Waals surface area contributed by atoms with E-state index in [0.717, 1.165) is 17.0 Å². The van der Waals surface area contributed by atoms with Crippen molar-refractivity contribution in [2.75, 3.05) is 12.4 Å². The second-order valence-electron chi connectivity index (χ2n) is 3.63. The van der Waals surface area contributed by atoms with Crippen molar-refractivity contribution < 1.29 is 8.95 Å². The maximum Gasteiger partial charge on any atom is 0.141 e. The Morgan fingerprint density at radius 1 is 1.06 bits per heavy atom. The molecule has 0 heterocycles. The molecule has 0 aliphatic heterocycles. The first-order valence-electron chi connectivity index (χ1n) is 5.47. The first-order valence-corrected chi connectivity index (χ1v) is 6.21. The maximum absolute atomic E-state index is 11.2. The van der Waals surface area contributed by atoms with Crippen LogP contribution >= 0.6 is 0 Å². The summed E-state index contributed by atoms with van der Waals surface area (Å²) in [4.78, 5) is 0.573. The van der Waals surface area contributed by atoms with Crippen molar-refractivity contribution in [3.63, 3.8) is 0 Å². The molecule has 0 fully saturated rings. The van der Waals surface area contributed by atoms with Crippen LogP contribution in [0.4, 0.5) is 5.69 Å². The number of methoxy groups -OCH3 is 1. The number of hydrogen-bond acceptors (Lipinski definition) is 2. The molecule has 2 rings (SSSR count). The fourth-order valence-electron chi connectivity index (χ4n) is 1.54. The summed E-state index contributed by atoms with van der Waals surface area (Å²) in [6.45, 7) is 0. The number of rotatable bonds is 3. The van der Waals surface area contributed by atoms with Crippen LogP contribution in [0.25, 0.3) is 0 Å². The molecule has 2 aromatic rings. The van der Waals surface area contributed by atoms with E-state index in [1.807, 2.05) is 54.6 Å². The van der Waals surface area contributed by atoms with E-state index in [4.69, 9.17) is 4.74 Å². The minimum atomic E-state index is 0.446. The number of anilines is 1. The van der Waals surface area contributed by atoms with Crippen molar-refractivity contribution >= 4 is 21.9 Å². The maximum atomic E-state index is 11.2. The zero-order chi connectivity index (χ0) is 12.8. The Morgan fingerprint density at radius 2 is 1.72 bits per heavy atom. The van der Waals surface area contributed by atoms with Crippen LogP contribution in [0.5, 0.6) is 5.75 Å². The molecule has 0 aliphatic rings. The van der Waals surface area contributed by atoms with Gasteiger partial charge in [0.2, 0.25) is 0 Å². The smallest absolute Gasteiger partial charge is 0.141 e. The van der Waals surface area contributed by atoms with Crippen LogP contribution in [0.2, 0.25) is 0 Å². The first-order chi connectivity index (χ1) is 8.83. The Labute approximate surface area is 109 Å². The summed E-state index contributed by atoms with van der Waals surface area (Å²) in [6, 6.07) is 17.0. The lowest BCUT2D eigenvalue weighted by atomic mass is 10.2. The molecule has 0 unspecified atom stereocenters. The molecule has 0 amide bonds. The minimum absolute atomic E-state index is 0.446. The Hall–Kier alpha value is -2.07.